The van der Waals surface area contributed by atoms with E-state index in [1.165, 1.54) is 6.07 Å². The number of nitrogens with one attached hydrogen (secondary N) is 1. The molecule has 1 atom stereocenters. The van der Waals surface area contributed by atoms with Crippen LogP contribution < -0.4 is 5.32 Å². The fourth-order valence-electron chi connectivity index (χ4n) is 2.02. The van der Waals surface area contributed by atoms with Gasteiger partial charge < -0.3 is 10.4 Å². The number of rotatable bonds is 7. The third-order valence-corrected chi connectivity index (χ3v) is 3.01. The van der Waals surface area contributed by atoms with E-state index in [1.54, 1.807) is 13.0 Å². The van der Waals surface area contributed by atoms with Crippen LogP contribution in [0.5, 0.6) is 0 Å². The van der Waals surface area contributed by atoms with Gasteiger partial charge in [0.2, 0.25) is 5.91 Å². The largest absolute Gasteiger partial charge is 0.481 e. The number of aliphatic carboxylic acids is 1. The molecule has 0 saturated heterocycles. The zero-order valence-corrected chi connectivity index (χ0v) is 12.1. The molecular formula is C15H18F3NO3. The first-order chi connectivity index (χ1) is 10.2. The minimum Gasteiger partial charge on any atom is -0.481 e. The van der Waals surface area contributed by atoms with Crippen LogP contribution in [0.1, 0.15) is 37.3 Å². The number of hydrogen-bond acceptors (Lipinski definition) is 2. The third-order valence-electron chi connectivity index (χ3n) is 3.01. The molecule has 0 aliphatic heterocycles. The van der Waals surface area contributed by atoms with Crippen molar-refractivity contribution < 1.29 is 27.9 Å². The van der Waals surface area contributed by atoms with Crippen molar-refractivity contribution in [1.29, 1.82) is 0 Å². The predicted octanol–water partition coefficient (Wildman–Crippen LogP) is 3.01. The Balaban J connectivity index is 2.41. The molecular weight excluding hydrogens is 299 g/mol. The highest BCUT2D eigenvalue weighted by molar-refractivity contribution is 5.77. The number of hydrogen-bond donors (Lipinski definition) is 2. The maximum absolute atomic E-state index is 12.6. The van der Waals surface area contributed by atoms with Gasteiger partial charge in [-0.05, 0) is 31.4 Å². The lowest BCUT2D eigenvalue weighted by Gasteiger charge is -2.11. The molecule has 0 fully saturated rings. The zero-order valence-electron chi connectivity index (χ0n) is 12.1. The summed E-state index contributed by atoms with van der Waals surface area (Å²) in [6, 6.07) is 4.53. The summed E-state index contributed by atoms with van der Waals surface area (Å²) in [7, 11) is 0. The summed E-state index contributed by atoms with van der Waals surface area (Å²) in [5.74, 6) is -1.31. The molecule has 2 N–H and O–H groups in total. The molecule has 1 unspecified atom stereocenters. The summed E-state index contributed by atoms with van der Waals surface area (Å²) in [6.07, 6.45) is -3.66. The van der Waals surface area contributed by atoms with Crippen LogP contribution >= 0.6 is 0 Å². The predicted molar refractivity (Wildman–Crippen MR) is 74.2 cm³/mol. The highest BCUT2D eigenvalue weighted by atomic mass is 19.4. The van der Waals surface area contributed by atoms with E-state index in [0.29, 0.717) is 18.4 Å². The van der Waals surface area contributed by atoms with Crippen LogP contribution in [0.15, 0.2) is 24.3 Å². The van der Waals surface area contributed by atoms with Crippen molar-refractivity contribution in [3.05, 3.63) is 35.4 Å². The Morgan fingerprint density at radius 2 is 2.00 bits per heavy atom. The minimum atomic E-state index is -4.38. The molecule has 122 valence electrons. The standard InChI is InChI=1S/C15H18F3NO3/c1-10(8-14(21)22)19-13(20)7-3-5-11-4-2-6-12(9-11)15(16,17)18/h2,4,6,9-10H,3,5,7-8H2,1H3,(H,19,20)(H,21,22). The van der Waals surface area contributed by atoms with Crippen LogP contribution in [-0.2, 0) is 22.2 Å². The van der Waals surface area contributed by atoms with Gasteiger partial charge in [-0.2, -0.15) is 13.2 Å². The third kappa shape index (κ3) is 6.60. The van der Waals surface area contributed by atoms with Gasteiger partial charge >= 0.3 is 12.1 Å². The molecule has 0 bridgehead atoms. The van der Waals surface area contributed by atoms with Crippen molar-refractivity contribution in [3.63, 3.8) is 0 Å². The highest BCUT2D eigenvalue weighted by Crippen LogP contribution is 2.29. The van der Waals surface area contributed by atoms with Crippen LogP contribution in [0.4, 0.5) is 13.2 Å². The highest BCUT2D eigenvalue weighted by Gasteiger charge is 2.30. The first-order valence-corrected chi connectivity index (χ1v) is 6.86. The van der Waals surface area contributed by atoms with Crippen LogP contribution in [0, 0.1) is 0 Å². The average Bonchev–Trinajstić information content (AvgIpc) is 2.36. The second kappa shape index (κ2) is 7.82. The summed E-state index contributed by atoms with van der Waals surface area (Å²) in [6.45, 7) is 1.58. The van der Waals surface area contributed by atoms with E-state index in [-0.39, 0.29) is 18.7 Å². The van der Waals surface area contributed by atoms with Crippen molar-refractivity contribution in [2.45, 2.75) is 44.8 Å². The number of carboxylic acids is 1. The van der Waals surface area contributed by atoms with Gasteiger partial charge in [-0.3, -0.25) is 9.59 Å². The molecule has 0 aromatic heterocycles. The summed E-state index contributed by atoms with van der Waals surface area (Å²) in [5.41, 5.74) is -0.189. The van der Waals surface area contributed by atoms with E-state index < -0.39 is 23.8 Å². The van der Waals surface area contributed by atoms with Crippen LogP contribution in [0.3, 0.4) is 0 Å². The molecule has 0 aliphatic rings. The van der Waals surface area contributed by atoms with Crippen molar-refractivity contribution in [3.8, 4) is 0 Å². The quantitative estimate of drug-likeness (QED) is 0.812. The Morgan fingerprint density at radius 1 is 1.32 bits per heavy atom. The molecule has 22 heavy (non-hydrogen) atoms. The van der Waals surface area contributed by atoms with E-state index >= 15 is 0 Å². The second-order valence-electron chi connectivity index (χ2n) is 5.12. The summed E-state index contributed by atoms with van der Waals surface area (Å²) >= 11 is 0. The Hall–Kier alpha value is -2.05. The normalized spacial score (nSPS) is 12.7. The SMILES string of the molecule is CC(CC(=O)O)NC(=O)CCCc1cccc(C(F)(F)F)c1. The van der Waals surface area contributed by atoms with Crippen molar-refractivity contribution in [2.75, 3.05) is 0 Å². The van der Waals surface area contributed by atoms with Gasteiger partial charge in [0.05, 0.1) is 12.0 Å². The van der Waals surface area contributed by atoms with Crippen molar-refractivity contribution in [2.24, 2.45) is 0 Å². The van der Waals surface area contributed by atoms with Gasteiger partial charge in [-0.1, -0.05) is 18.2 Å². The van der Waals surface area contributed by atoms with Gasteiger partial charge in [-0.25, -0.2) is 0 Å². The van der Waals surface area contributed by atoms with Crippen LogP contribution in [-0.4, -0.2) is 23.0 Å². The second-order valence-corrected chi connectivity index (χ2v) is 5.12. The van der Waals surface area contributed by atoms with Gasteiger partial charge in [0.15, 0.2) is 0 Å². The van der Waals surface area contributed by atoms with Gasteiger partial charge in [0.25, 0.3) is 0 Å². The smallest absolute Gasteiger partial charge is 0.416 e. The number of amides is 1. The molecule has 0 radical (unpaired) electrons. The van der Waals surface area contributed by atoms with Crippen molar-refractivity contribution in [1.82, 2.24) is 5.32 Å². The number of aryl methyl sites for hydroxylation is 1. The summed E-state index contributed by atoms with van der Waals surface area (Å²) in [5, 5.41) is 11.1. The Labute approximate surface area is 126 Å². The van der Waals surface area contributed by atoms with E-state index in [1.807, 2.05) is 0 Å². The molecule has 0 saturated carbocycles. The molecule has 1 amide bonds. The molecule has 0 heterocycles. The molecule has 1 rings (SSSR count). The number of halogens is 3. The molecule has 4 nitrogen and oxygen atoms in total. The summed E-state index contributed by atoms with van der Waals surface area (Å²) in [4.78, 5) is 22.0. The summed E-state index contributed by atoms with van der Waals surface area (Å²) < 4.78 is 37.7. The van der Waals surface area contributed by atoms with E-state index in [4.69, 9.17) is 5.11 Å². The molecule has 1 aromatic carbocycles. The number of benzene rings is 1. The topological polar surface area (TPSA) is 66.4 Å². The first-order valence-electron chi connectivity index (χ1n) is 6.86. The fourth-order valence-corrected chi connectivity index (χ4v) is 2.02. The zero-order chi connectivity index (χ0) is 16.8. The molecule has 0 spiro atoms. The Kier molecular flexibility index (Phi) is 6.39. The lowest BCUT2D eigenvalue weighted by atomic mass is 10.0. The first kappa shape index (κ1) is 18.0. The van der Waals surface area contributed by atoms with Gasteiger partial charge in [0.1, 0.15) is 0 Å². The van der Waals surface area contributed by atoms with E-state index in [2.05, 4.69) is 5.32 Å². The van der Waals surface area contributed by atoms with Gasteiger partial charge in [0, 0.05) is 12.5 Å². The minimum absolute atomic E-state index is 0.139. The number of carbonyl (C=O) groups is 2. The number of carboxylic acid groups (broad SMARTS) is 1. The average molecular weight is 317 g/mol. The van der Waals surface area contributed by atoms with E-state index in [0.717, 1.165) is 12.1 Å². The number of alkyl halides is 3. The fraction of sp³-hybridized carbons (Fsp3) is 0.467. The van der Waals surface area contributed by atoms with Gasteiger partial charge in [-0.15, -0.1) is 0 Å². The molecule has 1 aromatic rings. The Bertz CT molecular complexity index is 529. The lowest BCUT2D eigenvalue weighted by Crippen LogP contribution is -2.34. The van der Waals surface area contributed by atoms with Crippen molar-refractivity contribution >= 4 is 11.9 Å². The molecule has 7 heteroatoms. The number of carbonyl (C=O) groups excluding carboxylic acids is 1. The maximum Gasteiger partial charge on any atom is 0.416 e. The lowest BCUT2D eigenvalue weighted by molar-refractivity contribution is -0.138. The monoisotopic (exact) mass is 317 g/mol. The van der Waals surface area contributed by atoms with Crippen LogP contribution in [0.2, 0.25) is 0 Å². The maximum atomic E-state index is 12.6. The Morgan fingerprint density at radius 3 is 2.59 bits per heavy atom. The van der Waals surface area contributed by atoms with E-state index in [9.17, 15) is 22.8 Å². The van der Waals surface area contributed by atoms with Crippen LogP contribution in [0.25, 0.3) is 0 Å². The molecule has 0 aliphatic carbocycles.